The van der Waals surface area contributed by atoms with Crippen molar-refractivity contribution in [3.05, 3.63) is 59.9 Å². The third-order valence-electron chi connectivity index (χ3n) is 3.98. The standard InChI is InChI=1S/C19H18FN3O2/c1-3-23(4-2)19(24)14-10-6-5-9-13(14)18-21-17(22-25-18)15-11-7-8-12-16(15)20/h5-12H,3-4H2,1-2H3. The second kappa shape index (κ2) is 7.25. The van der Waals surface area contributed by atoms with Gasteiger partial charge in [0.05, 0.1) is 16.7 Å². The Morgan fingerprint density at radius 1 is 1.04 bits per heavy atom. The van der Waals surface area contributed by atoms with Gasteiger partial charge in [0.1, 0.15) is 5.82 Å². The van der Waals surface area contributed by atoms with E-state index in [4.69, 9.17) is 4.52 Å². The van der Waals surface area contributed by atoms with Crippen LogP contribution < -0.4 is 0 Å². The minimum atomic E-state index is -0.428. The van der Waals surface area contributed by atoms with Crippen molar-refractivity contribution >= 4 is 5.91 Å². The van der Waals surface area contributed by atoms with Crippen LogP contribution in [0.2, 0.25) is 0 Å². The summed E-state index contributed by atoms with van der Waals surface area (Å²) in [5, 5.41) is 3.86. The van der Waals surface area contributed by atoms with Gasteiger partial charge in [0.25, 0.3) is 11.8 Å². The molecule has 0 aliphatic rings. The molecule has 3 aromatic rings. The lowest BCUT2D eigenvalue weighted by atomic mass is 10.1. The number of halogens is 1. The molecule has 0 bridgehead atoms. The van der Waals surface area contributed by atoms with E-state index in [9.17, 15) is 9.18 Å². The van der Waals surface area contributed by atoms with E-state index in [1.54, 1.807) is 47.4 Å². The van der Waals surface area contributed by atoms with Crippen LogP contribution in [0.5, 0.6) is 0 Å². The normalized spacial score (nSPS) is 10.7. The molecule has 0 radical (unpaired) electrons. The lowest BCUT2D eigenvalue weighted by Gasteiger charge is -2.19. The lowest BCUT2D eigenvalue weighted by Crippen LogP contribution is -2.30. The maximum absolute atomic E-state index is 13.9. The molecule has 0 fully saturated rings. The second-order valence-electron chi connectivity index (χ2n) is 5.43. The summed E-state index contributed by atoms with van der Waals surface area (Å²) in [7, 11) is 0. The maximum Gasteiger partial charge on any atom is 0.259 e. The van der Waals surface area contributed by atoms with E-state index in [0.29, 0.717) is 24.2 Å². The first kappa shape index (κ1) is 16.8. The van der Waals surface area contributed by atoms with Crippen molar-refractivity contribution in [2.45, 2.75) is 13.8 Å². The molecule has 0 spiro atoms. The Labute approximate surface area is 145 Å². The van der Waals surface area contributed by atoms with E-state index in [2.05, 4.69) is 10.1 Å². The third kappa shape index (κ3) is 3.28. The van der Waals surface area contributed by atoms with Gasteiger partial charge in [0.15, 0.2) is 0 Å². The summed E-state index contributed by atoms with van der Waals surface area (Å²) in [6, 6.07) is 13.3. The number of nitrogens with zero attached hydrogens (tertiary/aromatic N) is 3. The third-order valence-corrected chi connectivity index (χ3v) is 3.98. The monoisotopic (exact) mass is 339 g/mol. The number of benzene rings is 2. The van der Waals surface area contributed by atoms with E-state index < -0.39 is 5.82 Å². The van der Waals surface area contributed by atoms with Crippen molar-refractivity contribution in [2.24, 2.45) is 0 Å². The smallest absolute Gasteiger partial charge is 0.259 e. The fourth-order valence-electron chi connectivity index (χ4n) is 2.62. The molecule has 25 heavy (non-hydrogen) atoms. The number of carbonyl (C=O) groups is 1. The molecule has 0 aliphatic carbocycles. The molecule has 0 atom stereocenters. The SMILES string of the molecule is CCN(CC)C(=O)c1ccccc1-c1nc(-c2ccccc2F)no1. The highest BCUT2D eigenvalue weighted by Gasteiger charge is 2.21. The van der Waals surface area contributed by atoms with Gasteiger partial charge >= 0.3 is 0 Å². The fourth-order valence-corrected chi connectivity index (χ4v) is 2.62. The molecular weight excluding hydrogens is 321 g/mol. The van der Waals surface area contributed by atoms with Crippen molar-refractivity contribution in [1.29, 1.82) is 0 Å². The van der Waals surface area contributed by atoms with Crippen molar-refractivity contribution in [1.82, 2.24) is 15.0 Å². The Bertz CT molecular complexity index is 888. The number of amides is 1. The van der Waals surface area contributed by atoms with E-state index in [1.807, 2.05) is 13.8 Å². The zero-order chi connectivity index (χ0) is 17.8. The highest BCUT2D eigenvalue weighted by Crippen LogP contribution is 2.27. The van der Waals surface area contributed by atoms with Crippen LogP contribution in [0.25, 0.3) is 22.8 Å². The number of hydrogen-bond acceptors (Lipinski definition) is 4. The molecule has 0 unspecified atom stereocenters. The van der Waals surface area contributed by atoms with Crippen LogP contribution in [0.1, 0.15) is 24.2 Å². The Morgan fingerprint density at radius 3 is 2.36 bits per heavy atom. The number of aromatic nitrogens is 2. The van der Waals surface area contributed by atoms with E-state index in [-0.39, 0.29) is 23.2 Å². The zero-order valence-corrected chi connectivity index (χ0v) is 14.1. The van der Waals surface area contributed by atoms with Crippen molar-refractivity contribution in [2.75, 3.05) is 13.1 Å². The van der Waals surface area contributed by atoms with Crippen LogP contribution in [0.3, 0.4) is 0 Å². The summed E-state index contributed by atoms with van der Waals surface area (Å²) in [4.78, 5) is 18.7. The highest BCUT2D eigenvalue weighted by molar-refractivity contribution is 6.00. The molecular formula is C19H18FN3O2. The number of hydrogen-bond donors (Lipinski definition) is 0. The van der Waals surface area contributed by atoms with Crippen LogP contribution in [0.15, 0.2) is 53.1 Å². The average molecular weight is 339 g/mol. The predicted octanol–water partition coefficient (Wildman–Crippen LogP) is 4.02. The van der Waals surface area contributed by atoms with Gasteiger partial charge in [-0.15, -0.1) is 0 Å². The van der Waals surface area contributed by atoms with Crippen molar-refractivity contribution < 1.29 is 13.7 Å². The Kier molecular flexibility index (Phi) is 4.88. The van der Waals surface area contributed by atoms with Crippen molar-refractivity contribution in [3.8, 4) is 22.8 Å². The van der Waals surface area contributed by atoms with E-state index in [0.717, 1.165) is 0 Å². The largest absolute Gasteiger partial charge is 0.339 e. The second-order valence-corrected chi connectivity index (χ2v) is 5.43. The average Bonchev–Trinajstić information content (AvgIpc) is 3.12. The summed E-state index contributed by atoms with van der Waals surface area (Å²) in [5.41, 5.74) is 1.27. The summed E-state index contributed by atoms with van der Waals surface area (Å²) in [6.45, 7) is 5.06. The molecule has 1 aromatic heterocycles. The molecule has 3 rings (SSSR count). The number of carbonyl (C=O) groups excluding carboxylic acids is 1. The lowest BCUT2D eigenvalue weighted by molar-refractivity contribution is 0.0773. The highest BCUT2D eigenvalue weighted by atomic mass is 19.1. The van der Waals surface area contributed by atoms with Gasteiger partial charge in [-0.1, -0.05) is 29.4 Å². The molecule has 1 amide bonds. The van der Waals surface area contributed by atoms with Crippen LogP contribution in [-0.2, 0) is 0 Å². The minimum Gasteiger partial charge on any atom is -0.339 e. The fraction of sp³-hybridized carbons (Fsp3) is 0.211. The quantitative estimate of drug-likeness (QED) is 0.704. The molecule has 0 saturated heterocycles. The molecule has 1 heterocycles. The summed E-state index contributed by atoms with van der Waals surface area (Å²) < 4.78 is 19.2. The van der Waals surface area contributed by atoms with Gasteiger partial charge in [-0.3, -0.25) is 4.79 Å². The van der Waals surface area contributed by atoms with Crippen LogP contribution >= 0.6 is 0 Å². The molecule has 0 aliphatic heterocycles. The Morgan fingerprint density at radius 2 is 1.68 bits per heavy atom. The van der Waals surface area contributed by atoms with Crippen LogP contribution in [0.4, 0.5) is 4.39 Å². The van der Waals surface area contributed by atoms with Crippen molar-refractivity contribution in [3.63, 3.8) is 0 Å². The van der Waals surface area contributed by atoms with E-state index in [1.165, 1.54) is 6.07 Å². The maximum atomic E-state index is 13.9. The Balaban J connectivity index is 2.02. The van der Waals surface area contributed by atoms with Gasteiger partial charge in [-0.25, -0.2) is 4.39 Å². The first-order valence-electron chi connectivity index (χ1n) is 8.13. The van der Waals surface area contributed by atoms with Gasteiger partial charge < -0.3 is 9.42 Å². The summed E-state index contributed by atoms with van der Waals surface area (Å²) in [5.74, 6) is -0.193. The topological polar surface area (TPSA) is 59.2 Å². The molecule has 128 valence electrons. The minimum absolute atomic E-state index is 0.105. The first-order chi connectivity index (χ1) is 12.2. The molecule has 2 aromatic carbocycles. The summed E-state index contributed by atoms with van der Waals surface area (Å²) >= 11 is 0. The predicted molar refractivity (Wildman–Crippen MR) is 92.4 cm³/mol. The summed E-state index contributed by atoms with van der Waals surface area (Å²) in [6.07, 6.45) is 0. The van der Waals surface area contributed by atoms with Crippen LogP contribution in [0, 0.1) is 5.82 Å². The molecule has 5 nitrogen and oxygen atoms in total. The first-order valence-corrected chi connectivity index (χ1v) is 8.13. The molecule has 6 heteroatoms. The van der Waals surface area contributed by atoms with Gasteiger partial charge in [-0.2, -0.15) is 4.98 Å². The van der Waals surface area contributed by atoms with Gasteiger partial charge in [0, 0.05) is 13.1 Å². The Hall–Kier alpha value is -3.02. The van der Waals surface area contributed by atoms with Gasteiger partial charge in [0.2, 0.25) is 5.82 Å². The van der Waals surface area contributed by atoms with Crippen LogP contribution in [-0.4, -0.2) is 34.0 Å². The zero-order valence-electron chi connectivity index (χ0n) is 14.1. The van der Waals surface area contributed by atoms with Gasteiger partial charge in [-0.05, 0) is 38.1 Å². The number of rotatable bonds is 5. The van der Waals surface area contributed by atoms with E-state index >= 15 is 0 Å². The molecule has 0 N–H and O–H groups in total. The molecule has 0 saturated carbocycles.